The van der Waals surface area contributed by atoms with E-state index >= 15 is 0 Å². The van der Waals surface area contributed by atoms with Gasteiger partial charge in [0.2, 0.25) is 5.91 Å². The lowest BCUT2D eigenvalue weighted by Gasteiger charge is -2.22. The molecular weight excluding hydrogens is 446 g/mol. The molecule has 0 spiro atoms. The Morgan fingerprint density at radius 2 is 2.00 bits per heavy atom. The Kier molecular flexibility index (Phi) is 6.44. The molecule has 1 amide bonds. The highest BCUT2D eigenvalue weighted by Crippen LogP contribution is 2.45. The number of thiazole rings is 1. The van der Waals surface area contributed by atoms with Crippen molar-refractivity contribution in [3.8, 4) is 10.6 Å². The SMILES string of the molecule is Cc1cccc(CC(=O)Nc2sc3c(c2-c2nc4ccccc4s2)CCN(C)C3)c1.Cl. The Morgan fingerprint density at radius 1 is 1.16 bits per heavy atom. The highest BCUT2D eigenvalue weighted by Gasteiger charge is 2.26. The smallest absolute Gasteiger partial charge is 0.229 e. The molecule has 1 aliphatic heterocycles. The average molecular weight is 470 g/mol. The number of hydrogen-bond donors (Lipinski definition) is 1. The van der Waals surface area contributed by atoms with Crippen LogP contribution in [0.2, 0.25) is 0 Å². The Morgan fingerprint density at radius 3 is 2.81 bits per heavy atom. The molecule has 5 rings (SSSR count). The number of benzene rings is 2. The molecule has 0 aliphatic carbocycles. The Balaban J connectivity index is 0.00000231. The van der Waals surface area contributed by atoms with Crippen LogP contribution < -0.4 is 5.32 Å². The third kappa shape index (κ3) is 4.53. The summed E-state index contributed by atoms with van der Waals surface area (Å²) in [6.07, 6.45) is 1.37. The fourth-order valence-corrected chi connectivity index (χ4v) is 6.46. The van der Waals surface area contributed by atoms with E-state index in [0.29, 0.717) is 6.42 Å². The summed E-state index contributed by atoms with van der Waals surface area (Å²) in [4.78, 5) is 21.5. The van der Waals surface area contributed by atoms with Crippen LogP contribution in [-0.2, 0) is 24.2 Å². The predicted molar refractivity (Wildman–Crippen MR) is 134 cm³/mol. The maximum absolute atomic E-state index is 12.9. The van der Waals surface area contributed by atoms with Gasteiger partial charge in [-0.2, -0.15) is 0 Å². The molecule has 160 valence electrons. The van der Waals surface area contributed by atoms with E-state index in [2.05, 4.69) is 48.5 Å². The number of likely N-dealkylation sites (N-methyl/N-ethyl adjacent to an activating group) is 1. The van der Waals surface area contributed by atoms with Crippen molar-refractivity contribution in [1.82, 2.24) is 9.88 Å². The van der Waals surface area contributed by atoms with Crippen LogP contribution in [-0.4, -0.2) is 29.4 Å². The molecule has 4 nitrogen and oxygen atoms in total. The van der Waals surface area contributed by atoms with Gasteiger partial charge in [0.25, 0.3) is 0 Å². The molecule has 4 aromatic rings. The summed E-state index contributed by atoms with van der Waals surface area (Å²) >= 11 is 3.41. The number of aryl methyl sites for hydroxylation is 1. The highest BCUT2D eigenvalue weighted by molar-refractivity contribution is 7.22. The summed E-state index contributed by atoms with van der Waals surface area (Å²) in [6.45, 7) is 4.00. The molecule has 2 aromatic carbocycles. The maximum atomic E-state index is 12.9. The zero-order chi connectivity index (χ0) is 20.7. The quantitative estimate of drug-likeness (QED) is 0.403. The van der Waals surface area contributed by atoms with Crippen molar-refractivity contribution in [2.75, 3.05) is 18.9 Å². The fourth-order valence-electron chi connectivity index (χ4n) is 4.00. The van der Waals surface area contributed by atoms with Crippen LogP contribution >= 0.6 is 35.1 Å². The van der Waals surface area contributed by atoms with E-state index in [1.165, 1.54) is 20.7 Å². The van der Waals surface area contributed by atoms with Crippen molar-refractivity contribution in [2.45, 2.75) is 26.3 Å². The van der Waals surface area contributed by atoms with Crippen LogP contribution in [0.15, 0.2) is 48.5 Å². The molecule has 0 fully saturated rings. The molecule has 0 saturated carbocycles. The lowest BCUT2D eigenvalue weighted by Crippen LogP contribution is -2.25. The number of nitrogens with one attached hydrogen (secondary N) is 1. The van der Waals surface area contributed by atoms with Gasteiger partial charge >= 0.3 is 0 Å². The zero-order valence-electron chi connectivity index (χ0n) is 17.5. The number of rotatable bonds is 4. The fraction of sp³-hybridized carbons (Fsp3) is 0.250. The molecule has 3 heterocycles. The van der Waals surface area contributed by atoms with Crippen molar-refractivity contribution < 1.29 is 4.79 Å². The van der Waals surface area contributed by atoms with Gasteiger partial charge in [-0.1, -0.05) is 42.0 Å². The predicted octanol–water partition coefficient (Wildman–Crippen LogP) is 5.92. The van der Waals surface area contributed by atoms with Crippen LogP contribution in [0.3, 0.4) is 0 Å². The van der Waals surface area contributed by atoms with Crippen molar-refractivity contribution in [2.24, 2.45) is 0 Å². The molecule has 7 heteroatoms. The van der Waals surface area contributed by atoms with Gasteiger partial charge in [0.05, 0.1) is 16.6 Å². The lowest BCUT2D eigenvalue weighted by atomic mass is 10.0. The molecule has 1 aliphatic rings. The van der Waals surface area contributed by atoms with Gasteiger partial charge in [0, 0.05) is 23.5 Å². The number of amides is 1. The van der Waals surface area contributed by atoms with Gasteiger partial charge in [-0.05, 0) is 43.7 Å². The standard InChI is InChI=1S/C24H23N3OS2.ClH/c1-15-6-5-7-16(12-15)13-21(28)26-24-22(17-10-11-27(2)14-20(17)30-24)23-25-18-8-3-4-9-19(18)29-23;/h3-9,12H,10-11,13-14H2,1-2H3,(H,26,28);1H. The van der Waals surface area contributed by atoms with Crippen molar-refractivity contribution in [3.05, 3.63) is 70.1 Å². The molecule has 2 aromatic heterocycles. The first-order valence-electron chi connectivity index (χ1n) is 10.1. The second-order valence-electron chi connectivity index (χ2n) is 7.90. The topological polar surface area (TPSA) is 45.2 Å². The number of hydrogen-bond acceptors (Lipinski definition) is 5. The van der Waals surface area contributed by atoms with Crippen LogP contribution in [0.4, 0.5) is 5.00 Å². The van der Waals surface area contributed by atoms with E-state index in [0.717, 1.165) is 46.2 Å². The number of anilines is 1. The highest BCUT2D eigenvalue weighted by atomic mass is 35.5. The lowest BCUT2D eigenvalue weighted by molar-refractivity contribution is -0.115. The number of nitrogens with zero attached hydrogens (tertiary/aromatic N) is 2. The number of thiophene rings is 1. The van der Waals surface area contributed by atoms with Gasteiger partial charge in [-0.25, -0.2) is 4.98 Å². The van der Waals surface area contributed by atoms with Crippen LogP contribution in [0.1, 0.15) is 21.6 Å². The Bertz CT molecular complexity index is 1210. The van der Waals surface area contributed by atoms with Crippen LogP contribution in [0, 0.1) is 6.92 Å². The first-order valence-corrected chi connectivity index (χ1v) is 11.7. The van der Waals surface area contributed by atoms with E-state index in [-0.39, 0.29) is 18.3 Å². The number of aromatic nitrogens is 1. The summed E-state index contributed by atoms with van der Waals surface area (Å²) in [5.74, 6) is 0.0231. The number of fused-ring (bicyclic) bond motifs is 2. The first kappa shape index (κ1) is 22.0. The molecule has 0 saturated heterocycles. The summed E-state index contributed by atoms with van der Waals surface area (Å²) < 4.78 is 1.18. The van der Waals surface area contributed by atoms with E-state index in [9.17, 15) is 4.79 Å². The zero-order valence-corrected chi connectivity index (χ0v) is 19.9. The van der Waals surface area contributed by atoms with E-state index in [1.807, 2.05) is 24.3 Å². The van der Waals surface area contributed by atoms with Gasteiger partial charge in [-0.15, -0.1) is 35.1 Å². The molecule has 31 heavy (non-hydrogen) atoms. The van der Waals surface area contributed by atoms with Gasteiger partial charge in [0.15, 0.2) is 0 Å². The van der Waals surface area contributed by atoms with Gasteiger partial charge < -0.3 is 10.2 Å². The number of carbonyl (C=O) groups is 1. The third-order valence-corrected chi connectivity index (χ3v) is 7.64. The summed E-state index contributed by atoms with van der Waals surface area (Å²) in [6, 6.07) is 16.4. The average Bonchev–Trinajstić information content (AvgIpc) is 3.27. The van der Waals surface area contributed by atoms with E-state index in [1.54, 1.807) is 22.7 Å². The molecule has 1 N–H and O–H groups in total. The minimum Gasteiger partial charge on any atom is -0.317 e. The minimum atomic E-state index is 0. The number of para-hydroxylation sites is 1. The van der Waals surface area contributed by atoms with E-state index < -0.39 is 0 Å². The van der Waals surface area contributed by atoms with Gasteiger partial charge in [0.1, 0.15) is 10.0 Å². The van der Waals surface area contributed by atoms with Gasteiger partial charge in [-0.3, -0.25) is 4.79 Å². The number of halogens is 1. The minimum absolute atomic E-state index is 0. The number of carbonyl (C=O) groups excluding carboxylic acids is 1. The summed E-state index contributed by atoms with van der Waals surface area (Å²) in [5.41, 5.74) is 5.70. The molecular formula is C24H24ClN3OS2. The van der Waals surface area contributed by atoms with E-state index in [4.69, 9.17) is 4.98 Å². The summed E-state index contributed by atoms with van der Waals surface area (Å²) in [7, 11) is 2.15. The second kappa shape index (κ2) is 9.09. The third-order valence-electron chi connectivity index (χ3n) is 5.46. The first-order chi connectivity index (χ1) is 14.6. The van der Waals surface area contributed by atoms with Crippen molar-refractivity contribution >= 4 is 56.2 Å². The molecule has 0 radical (unpaired) electrons. The van der Waals surface area contributed by atoms with Crippen molar-refractivity contribution in [1.29, 1.82) is 0 Å². The monoisotopic (exact) mass is 469 g/mol. The molecule has 0 atom stereocenters. The Hall–Kier alpha value is -2.25. The van der Waals surface area contributed by atoms with Crippen LogP contribution in [0.25, 0.3) is 20.8 Å². The van der Waals surface area contributed by atoms with Crippen LogP contribution in [0.5, 0.6) is 0 Å². The molecule has 0 bridgehead atoms. The van der Waals surface area contributed by atoms with Crippen molar-refractivity contribution in [3.63, 3.8) is 0 Å². The Labute approximate surface area is 196 Å². The maximum Gasteiger partial charge on any atom is 0.229 e. The largest absolute Gasteiger partial charge is 0.317 e. The molecule has 0 unspecified atom stereocenters. The second-order valence-corrected chi connectivity index (χ2v) is 10.0. The summed E-state index contributed by atoms with van der Waals surface area (Å²) in [5, 5.41) is 5.16. The normalized spacial score (nSPS) is 13.6.